The van der Waals surface area contributed by atoms with Crippen LogP contribution in [-0.4, -0.2) is 0 Å². The van der Waals surface area contributed by atoms with Gasteiger partial charge in [-0.3, -0.25) is 0 Å². The Hall–Kier alpha value is -1.69. The van der Waals surface area contributed by atoms with Crippen LogP contribution in [0.3, 0.4) is 0 Å². The first-order chi connectivity index (χ1) is 9.16. The van der Waals surface area contributed by atoms with E-state index in [0.717, 1.165) is 19.1 Å². The number of rotatable bonds is 1. The first-order valence-corrected chi connectivity index (χ1v) is 6.81. The van der Waals surface area contributed by atoms with Gasteiger partial charge in [0.2, 0.25) is 5.69 Å². The molecule has 0 saturated carbocycles. The van der Waals surface area contributed by atoms with Gasteiger partial charge in [0.25, 0.3) is 0 Å². The second-order valence-electron chi connectivity index (χ2n) is 4.20. The fourth-order valence-corrected chi connectivity index (χ4v) is 2.73. The largest absolute Gasteiger partial charge is 0.618 e. The molecule has 0 radical (unpaired) electrons. The van der Waals surface area contributed by atoms with Crippen molar-refractivity contribution in [2.24, 2.45) is 0 Å². The normalized spacial score (nSPS) is 10.8. The maximum atomic E-state index is 13.4. The lowest BCUT2D eigenvalue weighted by molar-refractivity contribution is -0.592. The monoisotopic (exact) mass is 365 g/mol. The van der Waals surface area contributed by atoms with Crippen LogP contribution in [0, 0.1) is 14.6 Å². The summed E-state index contributed by atoms with van der Waals surface area (Å²) in [5.74, 6) is -0.344. The molecule has 0 fully saturated rings. The van der Waals surface area contributed by atoms with E-state index in [4.69, 9.17) is 0 Å². The number of halogens is 2. The first kappa shape index (κ1) is 12.3. The van der Waals surface area contributed by atoms with Crippen LogP contribution < -0.4 is 4.73 Å². The lowest BCUT2D eigenvalue weighted by atomic mass is 10.0. The summed E-state index contributed by atoms with van der Waals surface area (Å²) >= 11 is 2.11. The molecule has 0 aliphatic carbocycles. The fraction of sp³-hybridized carbons (Fsp3) is 0. The molecule has 1 aromatic heterocycles. The highest BCUT2D eigenvalue weighted by molar-refractivity contribution is 14.1. The molecule has 4 heteroatoms. The van der Waals surface area contributed by atoms with Crippen molar-refractivity contribution >= 4 is 33.4 Å². The van der Waals surface area contributed by atoms with E-state index < -0.39 is 0 Å². The van der Waals surface area contributed by atoms with E-state index in [9.17, 15) is 9.60 Å². The molecule has 2 nitrogen and oxygen atoms in total. The van der Waals surface area contributed by atoms with Gasteiger partial charge >= 0.3 is 0 Å². The molecule has 19 heavy (non-hydrogen) atoms. The Kier molecular flexibility index (Phi) is 3.10. The zero-order chi connectivity index (χ0) is 13.4. The van der Waals surface area contributed by atoms with Gasteiger partial charge in [0.05, 0.1) is 10.9 Å². The zero-order valence-corrected chi connectivity index (χ0v) is 12.0. The second kappa shape index (κ2) is 4.77. The van der Waals surface area contributed by atoms with Crippen LogP contribution >= 0.6 is 22.6 Å². The number of fused-ring (bicyclic) bond motifs is 1. The van der Waals surface area contributed by atoms with Crippen LogP contribution in [0.25, 0.3) is 22.0 Å². The van der Waals surface area contributed by atoms with E-state index in [0.29, 0.717) is 11.3 Å². The average Bonchev–Trinajstić information content (AvgIpc) is 2.42. The topological polar surface area (TPSA) is 26.9 Å². The minimum atomic E-state index is -0.344. The average molecular weight is 365 g/mol. The summed E-state index contributed by atoms with van der Waals surface area (Å²) in [6.45, 7) is 0. The Morgan fingerprint density at radius 1 is 1.05 bits per heavy atom. The van der Waals surface area contributed by atoms with Crippen molar-refractivity contribution in [1.29, 1.82) is 0 Å². The van der Waals surface area contributed by atoms with Crippen molar-refractivity contribution in [3.8, 4) is 11.3 Å². The summed E-state index contributed by atoms with van der Waals surface area (Å²) in [6.07, 6.45) is 1.46. The van der Waals surface area contributed by atoms with E-state index >= 15 is 0 Å². The summed E-state index contributed by atoms with van der Waals surface area (Å²) in [6, 6.07) is 13.8. The van der Waals surface area contributed by atoms with Gasteiger partial charge in [0, 0.05) is 9.64 Å². The van der Waals surface area contributed by atoms with Gasteiger partial charge < -0.3 is 5.21 Å². The van der Waals surface area contributed by atoms with Gasteiger partial charge in [0.15, 0.2) is 6.20 Å². The molecular weight excluding hydrogens is 356 g/mol. The van der Waals surface area contributed by atoms with Crippen LogP contribution in [0.15, 0.2) is 54.7 Å². The minimum Gasteiger partial charge on any atom is -0.618 e. The Labute approximate surface area is 123 Å². The van der Waals surface area contributed by atoms with E-state index in [1.807, 2.05) is 24.3 Å². The molecule has 0 atom stereocenters. The van der Waals surface area contributed by atoms with Crippen LogP contribution in [0.4, 0.5) is 4.39 Å². The van der Waals surface area contributed by atoms with Crippen LogP contribution in [0.2, 0.25) is 0 Å². The molecule has 0 spiro atoms. The summed E-state index contributed by atoms with van der Waals surface area (Å²) in [7, 11) is 0. The highest BCUT2D eigenvalue weighted by Gasteiger charge is 2.17. The number of hydrogen-bond acceptors (Lipinski definition) is 1. The fourth-order valence-electron chi connectivity index (χ4n) is 2.14. The number of hydrogen-bond donors (Lipinski definition) is 0. The smallest absolute Gasteiger partial charge is 0.232 e. The molecule has 2 aromatic carbocycles. The van der Waals surface area contributed by atoms with E-state index in [-0.39, 0.29) is 5.82 Å². The highest BCUT2D eigenvalue weighted by Crippen LogP contribution is 2.29. The SMILES string of the molecule is [O-][n+]1ccc2ccccc2c1-c1cc(F)ccc1I. The maximum absolute atomic E-state index is 13.4. The Morgan fingerprint density at radius 3 is 2.68 bits per heavy atom. The van der Waals surface area contributed by atoms with E-state index in [1.54, 1.807) is 12.1 Å². The molecule has 94 valence electrons. The summed E-state index contributed by atoms with van der Waals surface area (Å²) < 4.78 is 15.1. The zero-order valence-electron chi connectivity index (χ0n) is 9.81. The van der Waals surface area contributed by atoms with Crippen LogP contribution in [0.1, 0.15) is 0 Å². The van der Waals surface area contributed by atoms with Gasteiger partial charge in [0.1, 0.15) is 5.82 Å². The highest BCUT2D eigenvalue weighted by atomic mass is 127. The second-order valence-corrected chi connectivity index (χ2v) is 5.36. The van der Waals surface area contributed by atoms with Gasteiger partial charge in [-0.1, -0.05) is 18.2 Å². The molecule has 3 rings (SSSR count). The number of benzene rings is 2. The van der Waals surface area contributed by atoms with Crippen molar-refractivity contribution < 1.29 is 9.12 Å². The molecule has 0 N–H and O–H groups in total. The van der Waals surface area contributed by atoms with Gasteiger partial charge in [-0.15, -0.1) is 0 Å². The summed E-state index contributed by atoms with van der Waals surface area (Å²) in [5, 5.41) is 13.9. The summed E-state index contributed by atoms with van der Waals surface area (Å²) in [4.78, 5) is 0. The molecule has 0 bridgehead atoms. The summed E-state index contributed by atoms with van der Waals surface area (Å²) in [5.41, 5.74) is 1.11. The maximum Gasteiger partial charge on any atom is 0.232 e. The van der Waals surface area contributed by atoms with Crippen molar-refractivity contribution in [3.63, 3.8) is 0 Å². The minimum absolute atomic E-state index is 0.344. The Bertz CT molecular complexity index is 773. The number of aromatic nitrogens is 1. The van der Waals surface area contributed by atoms with Crippen molar-refractivity contribution in [2.75, 3.05) is 0 Å². The molecule has 0 amide bonds. The van der Waals surface area contributed by atoms with Crippen molar-refractivity contribution in [1.82, 2.24) is 0 Å². The number of pyridine rings is 1. The molecule has 0 aliphatic rings. The molecular formula is C15H9FINO. The number of nitrogens with zero attached hydrogens (tertiary/aromatic N) is 1. The Balaban J connectivity index is 2.41. The first-order valence-electron chi connectivity index (χ1n) is 5.73. The quantitative estimate of drug-likeness (QED) is 0.365. The molecule has 0 unspecified atom stereocenters. The third-order valence-electron chi connectivity index (χ3n) is 3.01. The van der Waals surface area contributed by atoms with Crippen LogP contribution in [-0.2, 0) is 0 Å². The van der Waals surface area contributed by atoms with E-state index in [2.05, 4.69) is 22.6 Å². The van der Waals surface area contributed by atoms with Gasteiger partial charge in [-0.05, 0) is 52.2 Å². The predicted octanol–water partition coefficient (Wildman–Crippen LogP) is 3.88. The lowest BCUT2D eigenvalue weighted by Crippen LogP contribution is -2.28. The molecule has 1 heterocycles. The lowest BCUT2D eigenvalue weighted by Gasteiger charge is -2.09. The molecule has 0 aliphatic heterocycles. The van der Waals surface area contributed by atoms with Gasteiger partial charge in [-0.25, -0.2) is 4.39 Å². The van der Waals surface area contributed by atoms with Crippen LogP contribution in [0.5, 0.6) is 0 Å². The molecule has 3 aromatic rings. The molecule has 0 saturated heterocycles. The third kappa shape index (κ3) is 2.16. The standard InChI is InChI=1S/C15H9FINO/c16-11-5-6-14(17)13(9-11)15-12-4-2-1-3-10(12)7-8-18(15)19/h1-9H. The van der Waals surface area contributed by atoms with E-state index in [1.165, 1.54) is 18.3 Å². The predicted molar refractivity (Wildman–Crippen MR) is 81.0 cm³/mol. The Morgan fingerprint density at radius 2 is 1.84 bits per heavy atom. The van der Waals surface area contributed by atoms with Crippen molar-refractivity contribution in [3.05, 3.63) is 69.3 Å². The third-order valence-corrected chi connectivity index (χ3v) is 3.95. The van der Waals surface area contributed by atoms with Gasteiger partial charge in [-0.2, -0.15) is 4.73 Å². The van der Waals surface area contributed by atoms with Crippen molar-refractivity contribution in [2.45, 2.75) is 0 Å².